The molecule has 0 aliphatic carbocycles. The zero-order valence-electron chi connectivity index (χ0n) is 14.2. The molecule has 0 bridgehead atoms. The number of nitrogens with one attached hydrogen (secondary N) is 1. The summed E-state index contributed by atoms with van der Waals surface area (Å²) in [5.74, 6) is 0.318. The fourth-order valence-corrected chi connectivity index (χ4v) is 3.13. The quantitative estimate of drug-likeness (QED) is 0.709. The van der Waals surface area contributed by atoms with Gasteiger partial charge in [-0.3, -0.25) is 4.79 Å². The smallest absolute Gasteiger partial charge is 0.275 e. The second-order valence-electron chi connectivity index (χ2n) is 6.10. The van der Waals surface area contributed by atoms with Crippen LogP contribution >= 0.6 is 23.2 Å². The number of benzene rings is 1. The molecule has 0 saturated heterocycles. The summed E-state index contributed by atoms with van der Waals surface area (Å²) in [7, 11) is 0. The predicted octanol–water partition coefficient (Wildman–Crippen LogP) is 4.42. The Morgan fingerprint density at radius 3 is 2.70 bits per heavy atom. The minimum absolute atomic E-state index is 0.168. The van der Waals surface area contributed by atoms with E-state index < -0.39 is 0 Å². The molecule has 8 heteroatoms. The van der Waals surface area contributed by atoms with E-state index in [0.29, 0.717) is 22.9 Å². The molecule has 0 radical (unpaired) electrons. The topological polar surface area (TPSA) is 80.1 Å². The standard InChI is InChI=1S/C19H13Cl2N5O/c1-10-4-11-5-15(26-18(11)24-7-10)13-6-12(2-3-14(13)20)25-19(27)16-8-23-17(21)9-22-16/h2-4,6-9H,5H2,1H3,(H,25,27). The maximum atomic E-state index is 12.3. The van der Waals surface area contributed by atoms with E-state index in [9.17, 15) is 4.79 Å². The highest BCUT2D eigenvalue weighted by molar-refractivity contribution is 6.34. The molecule has 6 nitrogen and oxygen atoms in total. The van der Waals surface area contributed by atoms with Gasteiger partial charge in [-0.1, -0.05) is 29.3 Å². The molecule has 0 saturated carbocycles. The number of aryl methyl sites for hydroxylation is 1. The van der Waals surface area contributed by atoms with E-state index in [1.165, 1.54) is 12.4 Å². The second kappa shape index (κ2) is 7.06. The van der Waals surface area contributed by atoms with Gasteiger partial charge in [0.1, 0.15) is 10.8 Å². The number of carbonyl (C=O) groups is 1. The lowest BCUT2D eigenvalue weighted by atomic mass is 10.0. The fourth-order valence-electron chi connectivity index (χ4n) is 2.81. The summed E-state index contributed by atoms with van der Waals surface area (Å²) < 4.78 is 0. The molecule has 1 N–H and O–H groups in total. The van der Waals surface area contributed by atoms with Crippen LogP contribution in [0.3, 0.4) is 0 Å². The largest absolute Gasteiger partial charge is 0.321 e. The van der Waals surface area contributed by atoms with Gasteiger partial charge in [0.25, 0.3) is 5.91 Å². The molecule has 0 spiro atoms. The average molecular weight is 398 g/mol. The molecular weight excluding hydrogens is 385 g/mol. The lowest BCUT2D eigenvalue weighted by Gasteiger charge is -2.09. The average Bonchev–Trinajstić information content (AvgIpc) is 3.06. The third kappa shape index (κ3) is 3.67. The van der Waals surface area contributed by atoms with Crippen LogP contribution in [0.25, 0.3) is 0 Å². The molecule has 4 rings (SSSR count). The number of rotatable bonds is 3. The molecular formula is C19H13Cl2N5O. The summed E-state index contributed by atoms with van der Waals surface area (Å²) in [4.78, 5) is 29.1. The van der Waals surface area contributed by atoms with Crippen molar-refractivity contribution in [3.63, 3.8) is 0 Å². The minimum Gasteiger partial charge on any atom is -0.321 e. The van der Waals surface area contributed by atoms with E-state index in [1.807, 2.05) is 6.92 Å². The summed E-state index contributed by atoms with van der Waals surface area (Å²) in [5.41, 5.74) is 4.47. The van der Waals surface area contributed by atoms with Crippen molar-refractivity contribution in [1.29, 1.82) is 0 Å². The summed E-state index contributed by atoms with van der Waals surface area (Å²) >= 11 is 12.1. The molecule has 3 aromatic rings. The van der Waals surface area contributed by atoms with Crippen molar-refractivity contribution in [2.24, 2.45) is 4.99 Å². The molecule has 0 fully saturated rings. The van der Waals surface area contributed by atoms with E-state index in [2.05, 4.69) is 31.3 Å². The van der Waals surface area contributed by atoms with Crippen molar-refractivity contribution >= 4 is 46.3 Å². The van der Waals surface area contributed by atoms with E-state index >= 15 is 0 Å². The van der Waals surface area contributed by atoms with Crippen LogP contribution in [0.1, 0.15) is 27.2 Å². The summed E-state index contributed by atoms with van der Waals surface area (Å²) in [6.45, 7) is 1.99. The van der Waals surface area contributed by atoms with Crippen LogP contribution in [0, 0.1) is 6.92 Å². The zero-order chi connectivity index (χ0) is 19.0. The van der Waals surface area contributed by atoms with Gasteiger partial charge in [-0.15, -0.1) is 0 Å². The van der Waals surface area contributed by atoms with Crippen molar-refractivity contribution < 1.29 is 4.79 Å². The maximum absolute atomic E-state index is 12.3. The minimum atomic E-state index is -0.388. The van der Waals surface area contributed by atoms with Gasteiger partial charge in [-0.2, -0.15) is 0 Å². The Labute approximate surface area is 165 Å². The van der Waals surface area contributed by atoms with Gasteiger partial charge in [-0.05, 0) is 30.7 Å². The van der Waals surface area contributed by atoms with Gasteiger partial charge in [0.2, 0.25) is 0 Å². The Kier molecular flexibility index (Phi) is 4.59. The van der Waals surface area contributed by atoms with E-state index in [-0.39, 0.29) is 16.8 Å². The van der Waals surface area contributed by atoms with Gasteiger partial charge in [-0.25, -0.2) is 19.9 Å². The first-order valence-electron chi connectivity index (χ1n) is 8.11. The van der Waals surface area contributed by atoms with Crippen LogP contribution < -0.4 is 5.32 Å². The van der Waals surface area contributed by atoms with Crippen molar-refractivity contribution in [2.45, 2.75) is 13.3 Å². The zero-order valence-corrected chi connectivity index (χ0v) is 15.7. The highest BCUT2D eigenvalue weighted by Gasteiger charge is 2.20. The number of carbonyl (C=O) groups excluding carboxylic acids is 1. The Bertz CT molecular complexity index is 1080. The third-order valence-corrected chi connectivity index (χ3v) is 4.59. The summed E-state index contributed by atoms with van der Waals surface area (Å²) in [6.07, 6.45) is 5.07. The first kappa shape index (κ1) is 17.6. The first-order valence-corrected chi connectivity index (χ1v) is 8.87. The summed E-state index contributed by atoms with van der Waals surface area (Å²) in [6, 6.07) is 7.31. The number of pyridine rings is 1. The van der Waals surface area contributed by atoms with E-state index in [0.717, 1.165) is 22.4 Å². The number of hydrogen-bond acceptors (Lipinski definition) is 5. The molecule has 1 aromatic carbocycles. The van der Waals surface area contributed by atoms with Crippen LogP contribution in [0.4, 0.5) is 11.5 Å². The maximum Gasteiger partial charge on any atom is 0.275 e. The van der Waals surface area contributed by atoms with Gasteiger partial charge >= 0.3 is 0 Å². The number of nitrogens with zero attached hydrogens (tertiary/aromatic N) is 4. The number of aromatic nitrogens is 3. The SMILES string of the molecule is Cc1cnc2c(c1)CC(c1cc(NC(=O)c3cnc(Cl)cn3)ccc1Cl)=N2. The molecule has 134 valence electrons. The molecule has 1 aliphatic rings. The van der Waals surface area contributed by atoms with Crippen LogP contribution in [-0.2, 0) is 6.42 Å². The molecule has 2 aromatic heterocycles. The molecule has 3 heterocycles. The number of amides is 1. The molecule has 1 amide bonds. The van der Waals surface area contributed by atoms with Crippen LogP contribution in [-0.4, -0.2) is 26.6 Å². The van der Waals surface area contributed by atoms with Gasteiger partial charge < -0.3 is 5.32 Å². The fraction of sp³-hybridized carbons (Fsp3) is 0.105. The predicted molar refractivity (Wildman–Crippen MR) is 105 cm³/mol. The second-order valence-corrected chi connectivity index (χ2v) is 6.90. The third-order valence-electron chi connectivity index (χ3n) is 4.07. The number of hydrogen-bond donors (Lipinski definition) is 1. The van der Waals surface area contributed by atoms with Crippen LogP contribution in [0.2, 0.25) is 10.2 Å². The van der Waals surface area contributed by atoms with Crippen molar-refractivity contribution in [1.82, 2.24) is 15.0 Å². The monoisotopic (exact) mass is 397 g/mol. The Morgan fingerprint density at radius 1 is 1.07 bits per heavy atom. The van der Waals surface area contributed by atoms with Gasteiger partial charge in [0.05, 0.1) is 18.1 Å². The molecule has 1 aliphatic heterocycles. The number of anilines is 1. The van der Waals surface area contributed by atoms with Crippen LogP contribution in [0.15, 0.2) is 47.8 Å². The molecule has 0 atom stereocenters. The Morgan fingerprint density at radius 2 is 1.93 bits per heavy atom. The normalized spacial score (nSPS) is 12.5. The number of fused-ring (bicyclic) bond motifs is 1. The van der Waals surface area contributed by atoms with Crippen molar-refractivity contribution in [3.05, 3.63) is 75.4 Å². The van der Waals surface area contributed by atoms with E-state index in [1.54, 1.807) is 24.4 Å². The highest BCUT2D eigenvalue weighted by Crippen LogP contribution is 2.31. The van der Waals surface area contributed by atoms with E-state index in [4.69, 9.17) is 23.2 Å². The number of halogens is 2. The molecule has 27 heavy (non-hydrogen) atoms. The lowest BCUT2D eigenvalue weighted by molar-refractivity contribution is 0.102. The van der Waals surface area contributed by atoms with Crippen molar-refractivity contribution in [3.8, 4) is 0 Å². The molecule has 0 unspecified atom stereocenters. The van der Waals surface area contributed by atoms with Crippen molar-refractivity contribution in [2.75, 3.05) is 5.32 Å². The van der Waals surface area contributed by atoms with Gasteiger partial charge in [0, 0.05) is 34.5 Å². The summed E-state index contributed by atoms with van der Waals surface area (Å²) in [5, 5.41) is 3.57. The number of aliphatic imine (C=N–C) groups is 1. The Balaban J connectivity index is 1.59. The Hall–Kier alpha value is -2.83. The van der Waals surface area contributed by atoms with Crippen LogP contribution in [0.5, 0.6) is 0 Å². The highest BCUT2D eigenvalue weighted by atomic mass is 35.5. The van der Waals surface area contributed by atoms with Gasteiger partial charge in [0.15, 0.2) is 5.82 Å². The lowest BCUT2D eigenvalue weighted by Crippen LogP contribution is -2.14. The first-order chi connectivity index (χ1) is 13.0.